The third kappa shape index (κ3) is 6.24. The molecule has 0 spiro atoms. The van der Waals surface area contributed by atoms with Gasteiger partial charge < -0.3 is 14.7 Å². The highest BCUT2D eigenvalue weighted by Gasteiger charge is 2.31. The van der Waals surface area contributed by atoms with Gasteiger partial charge in [0.15, 0.2) is 0 Å². The van der Waals surface area contributed by atoms with Crippen LogP contribution in [0.25, 0.3) is 22.8 Å². The van der Waals surface area contributed by atoms with Crippen molar-refractivity contribution in [3.8, 4) is 22.8 Å². The van der Waals surface area contributed by atoms with Crippen LogP contribution in [-0.4, -0.2) is 64.5 Å². The van der Waals surface area contributed by atoms with Crippen molar-refractivity contribution in [2.24, 2.45) is 0 Å². The van der Waals surface area contributed by atoms with E-state index < -0.39 is 11.7 Å². The van der Waals surface area contributed by atoms with Crippen LogP contribution in [0.2, 0.25) is 0 Å². The molecule has 1 saturated heterocycles. The number of rotatable bonds is 6. The fraction of sp³-hybridized carbons (Fsp3) is 0.333. The fourth-order valence-corrected chi connectivity index (χ4v) is 3.82. The number of hydrogen-bond acceptors (Lipinski definition) is 6. The molecule has 3 aromatic rings. The number of halogens is 3. The fourth-order valence-electron chi connectivity index (χ4n) is 3.82. The number of carbonyl (C=O) groups excluding carboxylic acids is 2. The molecule has 0 radical (unpaired) electrons. The highest BCUT2D eigenvalue weighted by atomic mass is 19.4. The number of benzene rings is 2. The van der Waals surface area contributed by atoms with Crippen molar-refractivity contribution in [1.29, 1.82) is 0 Å². The lowest BCUT2D eigenvalue weighted by atomic mass is 10.1. The van der Waals surface area contributed by atoms with Gasteiger partial charge in [0.25, 0.3) is 5.89 Å². The van der Waals surface area contributed by atoms with E-state index in [2.05, 4.69) is 20.4 Å². The van der Waals surface area contributed by atoms with Crippen molar-refractivity contribution in [1.82, 2.24) is 25.3 Å². The van der Waals surface area contributed by atoms with Crippen LogP contribution in [-0.2, 0) is 22.3 Å². The molecule has 1 aromatic heterocycles. The topological polar surface area (TPSA) is 91.6 Å². The first-order valence-electron chi connectivity index (χ1n) is 11.0. The smallest absolute Gasteiger partial charge is 0.347 e. The van der Waals surface area contributed by atoms with E-state index in [0.717, 1.165) is 17.7 Å². The monoisotopic (exact) mass is 487 g/mol. The van der Waals surface area contributed by atoms with Crippen LogP contribution in [0.1, 0.15) is 18.1 Å². The summed E-state index contributed by atoms with van der Waals surface area (Å²) in [4.78, 5) is 31.4. The van der Waals surface area contributed by atoms with E-state index >= 15 is 0 Å². The Balaban J connectivity index is 1.39. The van der Waals surface area contributed by atoms with Crippen molar-refractivity contribution in [2.75, 3.05) is 32.7 Å². The number of carbonyl (C=O) groups is 2. The minimum atomic E-state index is -4.46. The molecule has 0 aliphatic carbocycles. The van der Waals surface area contributed by atoms with Crippen LogP contribution in [0.5, 0.6) is 0 Å². The van der Waals surface area contributed by atoms with Crippen molar-refractivity contribution in [3.05, 3.63) is 59.7 Å². The van der Waals surface area contributed by atoms with E-state index in [0.29, 0.717) is 38.3 Å². The summed E-state index contributed by atoms with van der Waals surface area (Å²) in [6.07, 6.45) is -4.46. The maximum Gasteiger partial charge on any atom is 0.416 e. The van der Waals surface area contributed by atoms with Gasteiger partial charge in [-0.1, -0.05) is 29.4 Å². The van der Waals surface area contributed by atoms with E-state index in [1.165, 1.54) is 19.1 Å². The quantitative estimate of drug-likeness (QED) is 0.574. The van der Waals surface area contributed by atoms with Gasteiger partial charge in [0, 0.05) is 50.8 Å². The SMILES string of the molecule is CC(=O)NCC(=O)N1CCN(Cc2cccc(-c3noc(-c4cccc(C(F)(F)F)c4)n3)c2)CC1. The van der Waals surface area contributed by atoms with Crippen LogP contribution in [0.3, 0.4) is 0 Å². The zero-order chi connectivity index (χ0) is 25.0. The minimum Gasteiger partial charge on any atom is -0.347 e. The summed E-state index contributed by atoms with van der Waals surface area (Å²) < 4.78 is 44.3. The standard InChI is InChI=1S/C24H24F3N5O3/c1-16(33)28-14-21(34)32-10-8-31(9-11-32)15-17-4-2-5-18(12-17)22-29-23(35-30-22)19-6-3-7-20(13-19)24(25,26)27/h2-7,12-13H,8-11,14-15H2,1H3,(H,28,33). The van der Waals surface area contributed by atoms with E-state index in [1.807, 2.05) is 24.3 Å². The van der Waals surface area contributed by atoms with Crippen molar-refractivity contribution in [2.45, 2.75) is 19.6 Å². The van der Waals surface area contributed by atoms with Crippen molar-refractivity contribution < 1.29 is 27.3 Å². The van der Waals surface area contributed by atoms with Gasteiger partial charge in [-0.25, -0.2) is 0 Å². The molecule has 1 N–H and O–H groups in total. The maximum absolute atomic E-state index is 13.0. The predicted octanol–water partition coefficient (Wildman–Crippen LogP) is 3.20. The first-order valence-corrected chi connectivity index (χ1v) is 11.0. The number of hydrogen-bond donors (Lipinski definition) is 1. The molecule has 0 bridgehead atoms. The van der Waals surface area contributed by atoms with Gasteiger partial charge in [-0.3, -0.25) is 14.5 Å². The summed E-state index contributed by atoms with van der Waals surface area (Å²) in [5.74, 6) is -0.0415. The Labute approximate surface area is 199 Å². The molecule has 8 nitrogen and oxygen atoms in total. The average Bonchev–Trinajstić information content (AvgIpc) is 3.33. The van der Waals surface area contributed by atoms with E-state index in [-0.39, 0.29) is 35.6 Å². The normalized spacial score (nSPS) is 14.7. The van der Waals surface area contributed by atoms with Crippen LogP contribution >= 0.6 is 0 Å². The van der Waals surface area contributed by atoms with Crippen molar-refractivity contribution >= 4 is 11.8 Å². The molecule has 11 heteroatoms. The number of nitrogens with one attached hydrogen (secondary N) is 1. The van der Waals surface area contributed by atoms with Gasteiger partial charge in [0.1, 0.15) is 0 Å². The van der Waals surface area contributed by atoms with Crippen LogP contribution < -0.4 is 5.32 Å². The second-order valence-corrected chi connectivity index (χ2v) is 8.27. The zero-order valence-corrected chi connectivity index (χ0v) is 19.0. The number of alkyl halides is 3. The second kappa shape index (κ2) is 10.3. The van der Waals surface area contributed by atoms with Gasteiger partial charge in [-0.2, -0.15) is 18.2 Å². The lowest BCUT2D eigenvalue weighted by molar-refractivity contribution is -0.137. The van der Waals surface area contributed by atoms with Gasteiger partial charge in [0.2, 0.25) is 17.6 Å². The first kappa shape index (κ1) is 24.4. The zero-order valence-electron chi connectivity index (χ0n) is 19.0. The van der Waals surface area contributed by atoms with Gasteiger partial charge in [-0.15, -0.1) is 0 Å². The Kier molecular flexibility index (Phi) is 7.15. The first-order chi connectivity index (χ1) is 16.7. The largest absolute Gasteiger partial charge is 0.416 e. The number of nitrogens with zero attached hydrogens (tertiary/aromatic N) is 4. The number of piperazine rings is 1. The third-order valence-corrected chi connectivity index (χ3v) is 5.67. The van der Waals surface area contributed by atoms with Crippen LogP contribution in [0.4, 0.5) is 13.2 Å². The highest BCUT2D eigenvalue weighted by Crippen LogP contribution is 2.32. The molecule has 4 rings (SSSR count). The number of aromatic nitrogens is 2. The summed E-state index contributed by atoms with van der Waals surface area (Å²) >= 11 is 0. The summed E-state index contributed by atoms with van der Waals surface area (Å²) in [6.45, 7) is 4.56. The Morgan fingerprint density at radius 3 is 2.46 bits per heavy atom. The highest BCUT2D eigenvalue weighted by molar-refractivity contribution is 5.83. The molecule has 0 atom stereocenters. The molecule has 35 heavy (non-hydrogen) atoms. The lowest BCUT2D eigenvalue weighted by Gasteiger charge is -2.34. The van der Waals surface area contributed by atoms with Gasteiger partial charge in [0.05, 0.1) is 12.1 Å². The third-order valence-electron chi connectivity index (χ3n) is 5.67. The molecular weight excluding hydrogens is 463 g/mol. The molecule has 0 unspecified atom stereocenters. The second-order valence-electron chi connectivity index (χ2n) is 8.27. The summed E-state index contributed by atoms with van der Waals surface area (Å²) in [6, 6.07) is 12.3. The van der Waals surface area contributed by atoms with Gasteiger partial charge >= 0.3 is 6.18 Å². The molecule has 2 amide bonds. The minimum absolute atomic E-state index is 0.00453. The van der Waals surface area contributed by atoms with Crippen LogP contribution in [0, 0.1) is 0 Å². The Morgan fingerprint density at radius 1 is 1.03 bits per heavy atom. The van der Waals surface area contributed by atoms with Gasteiger partial charge in [-0.05, 0) is 29.8 Å². The molecule has 1 aliphatic heterocycles. The van der Waals surface area contributed by atoms with E-state index in [9.17, 15) is 22.8 Å². The molecule has 0 saturated carbocycles. The average molecular weight is 487 g/mol. The van der Waals surface area contributed by atoms with E-state index in [4.69, 9.17) is 4.52 Å². The van der Waals surface area contributed by atoms with Crippen LogP contribution in [0.15, 0.2) is 53.1 Å². The molecule has 2 aromatic carbocycles. The maximum atomic E-state index is 13.0. The number of amides is 2. The summed E-state index contributed by atoms with van der Waals surface area (Å²) in [5.41, 5.74) is 1.11. The Hall–Kier alpha value is -3.73. The molecule has 2 heterocycles. The lowest BCUT2D eigenvalue weighted by Crippen LogP contribution is -2.50. The molecule has 1 fully saturated rings. The Morgan fingerprint density at radius 2 is 1.74 bits per heavy atom. The molecular formula is C24H24F3N5O3. The molecule has 184 valence electrons. The molecule has 1 aliphatic rings. The van der Waals surface area contributed by atoms with E-state index in [1.54, 1.807) is 4.90 Å². The summed E-state index contributed by atoms with van der Waals surface area (Å²) in [5, 5.41) is 6.47. The summed E-state index contributed by atoms with van der Waals surface area (Å²) in [7, 11) is 0. The predicted molar refractivity (Wildman–Crippen MR) is 121 cm³/mol. The Bertz CT molecular complexity index is 1200. The van der Waals surface area contributed by atoms with Crippen molar-refractivity contribution in [3.63, 3.8) is 0 Å².